The number of aryl methyl sites for hydroxylation is 4. The summed E-state index contributed by atoms with van der Waals surface area (Å²) in [5, 5.41) is 41.4. The number of phenolic OH excluding ortho intramolecular Hbond substituents is 2. The molecule has 0 heterocycles. The van der Waals surface area contributed by atoms with Crippen LogP contribution in [0.4, 0.5) is 0 Å². The predicted octanol–water partition coefficient (Wildman–Crippen LogP) is 13.0. The van der Waals surface area contributed by atoms with Crippen LogP contribution in [-0.2, 0) is 10.8 Å². The van der Waals surface area contributed by atoms with Crippen molar-refractivity contribution < 1.29 is 20.4 Å². The van der Waals surface area contributed by atoms with Crippen molar-refractivity contribution in [3.8, 4) is 23.3 Å². The smallest absolute Gasteiger partial charge is 0.125 e. The highest BCUT2D eigenvalue weighted by molar-refractivity contribution is 5.57. The van der Waals surface area contributed by atoms with E-state index >= 15 is 0 Å². The molecule has 2 saturated carbocycles. The van der Waals surface area contributed by atoms with E-state index < -0.39 is 11.2 Å². The minimum absolute atomic E-state index is 0.0625. The fraction of sp³-hybridized carbons (Fsp3) is 0.481. The second-order valence-electron chi connectivity index (χ2n) is 17.5. The number of phenols is 2. The highest BCUT2D eigenvalue weighted by Gasteiger charge is 2.33. The van der Waals surface area contributed by atoms with Crippen molar-refractivity contribution in [2.75, 3.05) is 0 Å². The third-order valence-electron chi connectivity index (χ3n) is 13.9. The normalized spacial score (nSPS) is 16.6. The Balaban J connectivity index is 0.000000221. The molecule has 0 spiro atoms. The SMILES string of the molecule is CCC(CC)(c1ccc(O)c(C)c1)c1ccc(/C=C/C2(O)CCCCC2)c(C)c1.CCC(CC)(c1ccc(O)c(C)c1)c1ccc(C#CC2(O)CCCCC2)c(C)c1. The Labute approximate surface area is 350 Å². The van der Waals surface area contributed by atoms with Gasteiger partial charge in [-0.05, 0) is 160 Å². The Kier molecular flexibility index (Phi) is 14.8. The molecule has 4 heteroatoms. The van der Waals surface area contributed by atoms with Gasteiger partial charge in [0.15, 0.2) is 0 Å². The van der Waals surface area contributed by atoms with Crippen LogP contribution in [0.5, 0.6) is 11.5 Å². The zero-order chi connectivity index (χ0) is 42.1. The quantitative estimate of drug-likeness (QED) is 0.121. The molecule has 58 heavy (non-hydrogen) atoms. The van der Waals surface area contributed by atoms with Gasteiger partial charge in [0, 0.05) is 16.4 Å². The maximum atomic E-state index is 10.8. The number of aromatic hydroxyl groups is 2. The number of rotatable bonds is 10. The monoisotopic (exact) mass is 783 g/mol. The molecular weight excluding hydrogens is 713 g/mol. The molecule has 0 bridgehead atoms. The van der Waals surface area contributed by atoms with E-state index in [0.29, 0.717) is 11.5 Å². The fourth-order valence-corrected chi connectivity index (χ4v) is 9.66. The Hall–Kier alpha value is -4.30. The lowest BCUT2D eigenvalue weighted by atomic mass is 9.70. The first-order chi connectivity index (χ1) is 27.7. The van der Waals surface area contributed by atoms with Gasteiger partial charge in [-0.2, -0.15) is 0 Å². The molecule has 6 rings (SSSR count). The molecule has 4 aromatic carbocycles. The first-order valence-corrected chi connectivity index (χ1v) is 22.2. The maximum absolute atomic E-state index is 10.8. The maximum Gasteiger partial charge on any atom is 0.125 e. The van der Waals surface area contributed by atoms with Crippen LogP contribution in [-0.4, -0.2) is 31.6 Å². The number of aliphatic hydroxyl groups is 2. The molecule has 4 nitrogen and oxygen atoms in total. The van der Waals surface area contributed by atoms with E-state index in [1.165, 1.54) is 46.2 Å². The summed E-state index contributed by atoms with van der Waals surface area (Å²) < 4.78 is 0. The van der Waals surface area contributed by atoms with Crippen molar-refractivity contribution in [3.63, 3.8) is 0 Å². The van der Waals surface area contributed by atoms with E-state index in [1.807, 2.05) is 32.1 Å². The zero-order valence-electron chi connectivity index (χ0n) is 36.8. The molecule has 0 amide bonds. The van der Waals surface area contributed by atoms with Gasteiger partial charge in [0.05, 0.1) is 5.60 Å². The summed E-state index contributed by atoms with van der Waals surface area (Å²) in [7, 11) is 0. The molecule has 0 atom stereocenters. The summed E-state index contributed by atoms with van der Waals surface area (Å²) in [5.41, 5.74) is 9.90. The lowest BCUT2D eigenvalue weighted by molar-refractivity contribution is 0.0521. The summed E-state index contributed by atoms with van der Waals surface area (Å²) in [6, 6.07) is 25.3. The van der Waals surface area contributed by atoms with Gasteiger partial charge < -0.3 is 20.4 Å². The van der Waals surface area contributed by atoms with Crippen molar-refractivity contribution >= 4 is 6.08 Å². The van der Waals surface area contributed by atoms with Gasteiger partial charge in [-0.25, -0.2) is 0 Å². The van der Waals surface area contributed by atoms with Crippen LogP contribution in [0.15, 0.2) is 78.9 Å². The highest BCUT2D eigenvalue weighted by atomic mass is 16.3. The van der Waals surface area contributed by atoms with Gasteiger partial charge >= 0.3 is 0 Å². The fourth-order valence-electron chi connectivity index (χ4n) is 9.66. The van der Waals surface area contributed by atoms with Gasteiger partial charge in [-0.15, -0.1) is 0 Å². The molecule has 4 aromatic rings. The number of benzene rings is 4. The molecular formula is C54H70O4. The predicted molar refractivity (Wildman–Crippen MR) is 243 cm³/mol. The molecule has 0 saturated heterocycles. The van der Waals surface area contributed by atoms with E-state index in [0.717, 1.165) is 99.3 Å². The third-order valence-corrected chi connectivity index (χ3v) is 13.9. The average Bonchev–Trinajstić information content (AvgIpc) is 3.22. The van der Waals surface area contributed by atoms with Gasteiger partial charge in [0.25, 0.3) is 0 Å². The van der Waals surface area contributed by atoms with Crippen molar-refractivity contribution in [1.82, 2.24) is 0 Å². The molecule has 2 aliphatic carbocycles. The topological polar surface area (TPSA) is 80.9 Å². The summed E-state index contributed by atoms with van der Waals surface area (Å²) in [6.45, 7) is 17.1. The molecule has 310 valence electrons. The largest absolute Gasteiger partial charge is 0.508 e. The van der Waals surface area contributed by atoms with Crippen molar-refractivity contribution in [2.24, 2.45) is 0 Å². The Morgan fingerprint density at radius 3 is 1.38 bits per heavy atom. The van der Waals surface area contributed by atoms with E-state index in [9.17, 15) is 20.4 Å². The van der Waals surface area contributed by atoms with Crippen LogP contribution in [0, 0.1) is 39.5 Å². The van der Waals surface area contributed by atoms with E-state index in [4.69, 9.17) is 0 Å². The second-order valence-corrected chi connectivity index (χ2v) is 17.5. The molecule has 0 unspecified atom stereocenters. The van der Waals surface area contributed by atoms with Crippen LogP contribution in [0.25, 0.3) is 6.08 Å². The van der Waals surface area contributed by atoms with Crippen LogP contribution < -0.4 is 0 Å². The number of hydrogen-bond donors (Lipinski definition) is 4. The molecule has 4 N–H and O–H groups in total. The minimum atomic E-state index is -0.816. The highest BCUT2D eigenvalue weighted by Crippen LogP contribution is 2.42. The van der Waals surface area contributed by atoms with E-state index in [-0.39, 0.29) is 10.8 Å². The summed E-state index contributed by atoms with van der Waals surface area (Å²) in [5.74, 6) is 7.12. The Morgan fingerprint density at radius 2 is 0.948 bits per heavy atom. The first-order valence-electron chi connectivity index (χ1n) is 22.2. The van der Waals surface area contributed by atoms with Crippen molar-refractivity contribution in [2.45, 2.75) is 167 Å². The third kappa shape index (κ3) is 9.93. The van der Waals surface area contributed by atoms with E-state index in [1.54, 1.807) is 0 Å². The van der Waals surface area contributed by atoms with Gasteiger partial charge in [-0.3, -0.25) is 0 Å². The van der Waals surface area contributed by atoms with Crippen molar-refractivity contribution in [1.29, 1.82) is 0 Å². The van der Waals surface area contributed by atoms with Gasteiger partial charge in [0.2, 0.25) is 0 Å². The van der Waals surface area contributed by atoms with Crippen LogP contribution in [0.3, 0.4) is 0 Å². The molecule has 0 aromatic heterocycles. The van der Waals surface area contributed by atoms with Crippen LogP contribution in [0.2, 0.25) is 0 Å². The lowest BCUT2D eigenvalue weighted by Gasteiger charge is -2.34. The lowest BCUT2D eigenvalue weighted by Crippen LogP contribution is -2.29. The Bertz CT molecular complexity index is 2090. The summed E-state index contributed by atoms with van der Waals surface area (Å²) in [6.07, 6.45) is 18.2. The van der Waals surface area contributed by atoms with Crippen LogP contribution >= 0.6 is 0 Å². The Morgan fingerprint density at radius 1 is 0.534 bits per heavy atom. The van der Waals surface area contributed by atoms with Crippen molar-refractivity contribution in [3.05, 3.63) is 135 Å². The van der Waals surface area contributed by atoms with Gasteiger partial charge in [0.1, 0.15) is 17.1 Å². The zero-order valence-corrected chi connectivity index (χ0v) is 36.8. The molecule has 2 aliphatic rings. The number of hydrogen-bond acceptors (Lipinski definition) is 4. The summed E-state index contributed by atoms with van der Waals surface area (Å²) in [4.78, 5) is 0. The average molecular weight is 783 g/mol. The van der Waals surface area contributed by atoms with Crippen LogP contribution in [0.1, 0.15) is 173 Å². The summed E-state index contributed by atoms with van der Waals surface area (Å²) >= 11 is 0. The second kappa shape index (κ2) is 19.2. The standard InChI is InChI=1S/C27H36O2.C27H34O2/c2*1-5-27(6-2,24-12-13-25(28)21(4)19-24)23-11-10-22(20(3)18-23)14-17-26(29)15-8-7-9-16-26/h10-14,17-19,28-29H,5-9,15-16H2,1-4H3;10-13,18-19,28-29H,5-9,15-16H2,1-4H3/b17-14+;. The van der Waals surface area contributed by atoms with Gasteiger partial charge in [-0.1, -0.05) is 132 Å². The van der Waals surface area contributed by atoms with E-state index in [2.05, 4.69) is 120 Å². The first kappa shape index (κ1) is 44.8. The molecule has 0 aliphatic heterocycles. The minimum Gasteiger partial charge on any atom is -0.508 e. The molecule has 2 fully saturated rings. The molecule has 0 radical (unpaired) electrons.